The summed E-state index contributed by atoms with van der Waals surface area (Å²) in [5.74, 6) is 0.571. The first kappa shape index (κ1) is 8.16. The molecule has 0 saturated carbocycles. The van der Waals surface area contributed by atoms with Crippen molar-refractivity contribution in [2.45, 2.75) is 13.0 Å². The Balaban J connectivity index is 2.04. The summed E-state index contributed by atoms with van der Waals surface area (Å²) in [5, 5.41) is 3.57. The Kier molecular flexibility index (Phi) is 3.57. The predicted octanol–water partition coefficient (Wildman–Crippen LogP) is -0.0650. The first-order valence-electron chi connectivity index (χ1n) is 3.46. The molecule has 0 atom stereocenters. The van der Waals surface area contributed by atoms with E-state index >= 15 is 0 Å². The van der Waals surface area contributed by atoms with Crippen molar-refractivity contribution in [2.75, 3.05) is 13.2 Å². The van der Waals surface area contributed by atoms with Gasteiger partial charge >= 0.3 is 0 Å². The van der Waals surface area contributed by atoms with Crippen molar-refractivity contribution in [3.05, 3.63) is 12.2 Å². The van der Waals surface area contributed by atoms with Gasteiger partial charge in [0.15, 0.2) is 5.82 Å². The van der Waals surface area contributed by atoms with Gasteiger partial charge in [-0.05, 0) is 13.0 Å². The van der Waals surface area contributed by atoms with Crippen LogP contribution in [0.15, 0.2) is 10.9 Å². The number of rotatable bonds is 5. The third kappa shape index (κ3) is 3.10. The average Bonchev–Trinajstić information content (AvgIpc) is 2.50. The summed E-state index contributed by atoms with van der Waals surface area (Å²) in [6.07, 6.45) is 2.14. The molecule has 0 aliphatic carbocycles. The molecule has 1 aromatic rings. The minimum absolute atomic E-state index is 0.399. The third-order valence-electron chi connectivity index (χ3n) is 1.13. The molecule has 0 radical (unpaired) electrons. The second-order valence-corrected chi connectivity index (χ2v) is 2.04. The lowest BCUT2D eigenvalue weighted by Crippen LogP contribution is -2.04. The monoisotopic (exact) mass is 157 g/mol. The van der Waals surface area contributed by atoms with Gasteiger partial charge in [-0.3, -0.25) is 0 Å². The maximum absolute atomic E-state index is 5.26. The zero-order chi connectivity index (χ0) is 7.94. The van der Waals surface area contributed by atoms with Gasteiger partial charge < -0.3 is 15.0 Å². The highest BCUT2D eigenvalue weighted by atomic mass is 16.5. The lowest BCUT2D eigenvalue weighted by Gasteiger charge is -1.97. The van der Waals surface area contributed by atoms with E-state index in [1.54, 1.807) is 0 Å². The molecule has 0 aliphatic rings. The summed E-state index contributed by atoms with van der Waals surface area (Å²) in [5.41, 5.74) is 5.26. The van der Waals surface area contributed by atoms with E-state index in [4.69, 9.17) is 10.5 Å². The van der Waals surface area contributed by atoms with E-state index < -0.39 is 0 Å². The lowest BCUT2D eigenvalue weighted by atomic mass is 10.5. The Morgan fingerprint density at radius 2 is 2.55 bits per heavy atom. The normalized spacial score (nSPS) is 10.3. The van der Waals surface area contributed by atoms with Crippen LogP contribution in [0.25, 0.3) is 0 Å². The van der Waals surface area contributed by atoms with Gasteiger partial charge in [0.1, 0.15) is 6.61 Å². The van der Waals surface area contributed by atoms with E-state index in [2.05, 4.69) is 14.7 Å². The Bertz CT molecular complexity index is 176. The zero-order valence-electron chi connectivity index (χ0n) is 6.19. The quantitative estimate of drug-likeness (QED) is 0.606. The summed E-state index contributed by atoms with van der Waals surface area (Å²) < 4.78 is 9.66. The first-order chi connectivity index (χ1) is 5.43. The van der Waals surface area contributed by atoms with Gasteiger partial charge in [0, 0.05) is 6.61 Å². The standard InChI is InChI=1S/C6H11N3O2/c7-2-1-3-10-4-6-8-5-11-9-6/h5H,1-4,7H2. The highest BCUT2D eigenvalue weighted by Crippen LogP contribution is 1.91. The van der Waals surface area contributed by atoms with Gasteiger partial charge in [0.25, 0.3) is 0 Å². The molecule has 2 N–H and O–H groups in total. The van der Waals surface area contributed by atoms with Gasteiger partial charge in [-0.2, -0.15) is 4.98 Å². The van der Waals surface area contributed by atoms with Crippen LogP contribution in [0.5, 0.6) is 0 Å². The smallest absolute Gasteiger partial charge is 0.213 e. The molecule has 0 aromatic carbocycles. The molecule has 1 aromatic heterocycles. The van der Waals surface area contributed by atoms with Crippen molar-refractivity contribution >= 4 is 0 Å². The summed E-state index contributed by atoms with van der Waals surface area (Å²) in [4.78, 5) is 3.78. The minimum atomic E-state index is 0.399. The van der Waals surface area contributed by atoms with E-state index in [1.165, 1.54) is 6.39 Å². The van der Waals surface area contributed by atoms with Crippen molar-refractivity contribution in [2.24, 2.45) is 5.73 Å². The molecule has 0 saturated heterocycles. The molecule has 62 valence electrons. The lowest BCUT2D eigenvalue weighted by molar-refractivity contribution is 0.113. The molecule has 0 spiro atoms. The van der Waals surface area contributed by atoms with Gasteiger partial charge in [0.2, 0.25) is 6.39 Å². The van der Waals surface area contributed by atoms with Crippen LogP contribution in [0.3, 0.4) is 0 Å². The van der Waals surface area contributed by atoms with Gasteiger partial charge in [-0.25, -0.2) is 0 Å². The molecule has 11 heavy (non-hydrogen) atoms. The fourth-order valence-electron chi connectivity index (χ4n) is 0.605. The fraction of sp³-hybridized carbons (Fsp3) is 0.667. The minimum Gasteiger partial charge on any atom is -0.373 e. The molecule has 0 fully saturated rings. The van der Waals surface area contributed by atoms with Crippen LogP contribution in [-0.4, -0.2) is 23.3 Å². The van der Waals surface area contributed by atoms with Crippen molar-refractivity contribution in [3.63, 3.8) is 0 Å². The molecular weight excluding hydrogens is 146 g/mol. The van der Waals surface area contributed by atoms with Crippen molar-refractivity contribution in [1.82, 2.24) is 10.1 Å². The maximum Gasteiger partial charge on any atom is 0.213 e. The van der Waals surface area contributed by atoms with Crippen molar-refractivity contribution in [1.29, 1.82) is 0 Å². The van der Waals surface area contributed by atoms with Crippen LogP contribution >= 0.6 is 0 Å². The molecule has 0 bridgehead atoms. The topological polar surface area (TPSA) is 74.2 Å². The number of nitrogens with zero attached hydrogens (tertiary/aromatic N) is 2. The van der Waals surface area contributed by atoms with Crippen LogP contribution in [0.1, 0.15) is 12.2 Å². The third-order valence-corrected chi connectivity index (χ3v) is 1.13. The Hall–Kier alpha value is -0.940. The number of hydrogen-bond acceptors (Lipinski definition) is 5. The average molecular weight is 157 g/mol. The predicted molar refractivity (Wildman–Crippen MR) is 37.6 cm³/mol. The molecule has 5 nitrogen and oxygen atoms in total. The number of hydrogen-bond donors (Lipinski definition) is 1. The Morgan fingerprint density at radius 3 is 3.18 bits per heavy atom. The van der Waals surface area contributed by atoms with E-state index in [0.717, 1.165) is 6.42 Å². The van der Waals surface area contributed by atoms with Crippen LogP contribution in [0, 0.1) is 0 Å². The molecule has 0 amide bonds. The van der Waals surface area contributed by atoms with Crippen LogP contribution in [0.4, 0.5) is 0 Å². The van der Waals surface area contributed by atoms with Crippen LogP contribution in [0.2, 0.25) is 0 Å². The van der Waals surface area contributed by atoms with Gasteiger partial charge in [-0.1, -0.05) is 5.16 Å². The summed E-state index contributed by atoms with van der Waals surface area (Å²) >= 11 is 0. The largest absolute Gasteiger partial charge is 0.373 e. The molecular formula is C6H11N3O2. The van der Waals surface area contributed by atoms with E-state index in [1.807, 2.05) is 0 Å². The molecule has 0 unspecified atom stereocenters. The number of aromatic nitrogens is 2. The molecule has 5 heteroatoms. The summed E-state index contributed by atoms with van der Waals surface area (Å²) in [7, 11) is 0. The maximum atomic E-state index is 5.26. The van der Waals surface area contributed by atoms with Crippen LogP contribution in [-0.2, 0) is 11.3 Å². The van der Waals surface area contributed by atoms with E-state index in [-0.39, 0.29) is 0 Å². The van der Waals surface area contributed by atoms with Gasteiger partial charge in [0.05, 0.1) is 0 Å². The highest BCUT2D eigenvalue weighted by molar-refractivity contribution is 4.72. The number of ether oxygens (including phenoxy) is 1. The molecule has 0 aliphatic heterocycles. The van der Waals surface area contributed by atoms with Crippen molar-refractivity contribution < 1.29 is 9.26 Å². The first-order valence-corrected chi connectivity index (χ1v) is 3.46. The Morgan fingerprint density at radius 1 is 1.64 bits per heavy atom. The number of nitrogens with two attached hydrogens (primary N) is 1. The zero-order valence-corrected chi connectivity index (χ0v) is 6.19. The summed E-state index contributed by atoms with van der Waals surface area (Å²) in [6, 6.07) is 0. The van der Waals surface area contributed by atoms with Gasteiger partial charge in [-0.15, -0.1) is 0 Å². The fourth-order valence-corrected chi connectivity index (χ4v) is 0.605. The second kappa shape index (κ2) is 4.81. The summed E-state index contributed by atoms with van der Waals surface area (Å²) in [6.45, 7) is 1.69. The Labute approximate surface area is 64.5 Å². The van der Waals surface area contributed by atoms with Crippen LogP contribution < -0.4 is 5.73 Å². The second-order valence-electron chi connectivity index (χ2n) is 2.04. The molecule has 1 heterocycles. The molecule has 1 rings (SSSR count). The van der Waals surface area contributed by atoms with E-state index in [0.29, 0.717) is 25.6 Å². The SMILES string of the molecule is NCCCOCc1ncon1. The van der Waals surface area contributed by atoms with Crippen molar-refractivity contribution in [3.8, 4) is 0 Å². The highest BCUT2D eigenvalue weighted by Gasteiger charge is 1.96. The van der Waals surface area contributed by atoms with E-state index in [9.17, 15) is 0 Å².